The van der Waals surface area contributed by atoms with Gasteiger partial charge in [-0.1, -0.05) is 19.8 Å². The van der Waals surface area contributed by atoms with Crippen molar-refractivity contribution in [3.8, 4) is 0 Å². The summed E-state index contributed by atoms with van der Waals surface area (Å²) in [5.74, 6) is -0.887. The van der Waals surface area contributed by atoms with Gasteiger partial charge in [-0.3, -0.25) is 9.69 Å². The normalized spacial score (nSPS) is 14.5. The number of rotatable bonds is 7. The summed E-state index contributed by atoms with van der Waals surface area (Å²) in [5, 5.41) is 18.2. The minimum atomic E-state index is -0.887. The fraction of sp³-hybridized carbons (Fsp3) is 0.900. The SMILES string of the molecule is CCCCCN(C(C)O)C(C)C(=O)O.[NaH]. The van der Waals surface area contributed by atoms with Gasteiger partial charge in [0, 0.05) is 6.54 Å². The van der Waals surface area contributed by atoms with Crippen molar-refractivity contribution >= 4 is 35.5 Å². The molecule has 0 aliphatic heterocycles. The van der Waals surface area contributed by atoms with Crippen LogP contribution in [0.3, 0.4) is 0 Å². The summed E-state index contributed by atoms with van der Waals surface area (Å²) in [6.07, 6.45) is 2.39. The molecule has 0 aromatic rings. The number of unbranched alkanes of at least 4 members (excludes halogenated alkanes) is 2. The first kappa shape index (κ1) is 17.8. The zero-order valence-electron chi connectivity index (χ0n) is 9.23. The molecule has 0 spiro atoms. The van der Waals surface area contributed by atoms with Crippen molar-refractivity contribution in [2.24, 2.45) is 0 Å². The van der Waals surface area contributed by atoms with E-state index >= 15 is 0 Å². The van der Waals surface area contributed by atoms with Crippen LogP contribution in [0.15, 0.2) is 0 Å². The second-order valence-electron chi connectivity index (χ2n) is 3.59. The van der Waals surface area contributed by atoms with E-state index in [4.69, 9.17) is 5.11 Å². The van der Waals surface area contributed by atoms with E-state index in [1.54, 1.807) is 18.7 Å². The summed E-state index contributed by atoms with van der Waals surface area (Å²) < 4.78 is 0. The van der Waals surface area contributed by atoms with E-state index in [0.29, 0.717) is 6.54 Å². The third-order valence-corrected chi connectivity index (χ3v) is 2.35. The topological polar surface area (TPSA) is 60.8 Å². The number of aliphatic carboxylic acids is 1. The zero-order chi connectivity index (χ0) is 11.1. The molecule has 2 unspecified atom stereocenters. The monoisotopic (exact) mass is 227 g/mol. The number of hydrogen-bond donors (Lipinski definition) is 2. The molecule has 0 radical (unpaired) electrons. The molecule has 4 nitrogen and oxygen atoms in total. The predicted molar refractivity (Wildman–Crippen MR) is 62.2 cm³/mol. The maximum absolute atomic E-state index is 10.7. The zero-order valence-corrected chi connectivity index (χ0v) is 9.23. The summed E-state index contributed by atoms with van der Waals surface area (Å²) >= 11 is 0. The number of aliphatic hydroxyl groups excluding tert-OH is 1. The van der Waals surface area contributed by atoms with Crippen molar-refractivity contribution in [2.75, 3.05) is 6.54 Å². The number of nitrogens with zero attached hydrogens (tertiary/aromatic N) is 1. The molecule has 0 saturated heterocycles. The molecule has 86 valence electrons. The second-order valence-corrected chi connectivity index (χ2v) is 3.59. The summed E-state index contributed by atoms with van der Waals surface area (Å²) in [7, 11) is 0. The predicted octanol–water partition coefficient (Wildman–Crippen LogP) is 0.641. The van der Waals surface area contributed by atoms with Crippen molar-refractivity contribution < 1.29 is 15.0 Å². The molecule has 0 aromatic carbocycles. The Bertz CT molecular complexity index is 176. The standard InChI is InChI=1S/C10H21NO3.Na.H/c1-4-5-6-7-11(9(3)12)8(2)10(13)14;;/h8-9,12H,4-7H2,1-3H3,(H,13,14);;. The van der Waals surface area contributed by atoms with Crippen LogP contribution in [-0.2, 0) is 4.79 Å². The molecule has 2 atom stereocenters. The Kier molecular flexibility index (Phi) is 11.4. The molecule has 2 N–H and O–H groups in total. The van der Waals surface area contributed by atoms with Crippen LogP contribution < -0.4 is 0 Å². The Morgan fingerprint density at radius 3 is 2.20 bits per heavy atom. The molecule has 0 heterocycles. The van der Waals surface area contributed by atoms with Crippen LogP contribution in [0.25, 0.3) is 0 Å². The summed E-state index contributed by atoms with van der Waals surface area (Å²) in [6, 6.07) is -0.619. The van der Waals surface area contributed by atoms with E-state index in [-0.39, 0.29) is 29.6 Å². The third kappa shape index (κ3) is 7.30. The molecule has 0 aliphatic rings. The van der Waals surface area contributed by atoms with Crippen molar-refractivity contribution in [3.05, 3.63) is 0 Å². The molecular weight excluding hydrogens is 205 g/mol. The molecule has 0 aliphatic carbocycles. The number of aliphatic hydroxyl groups is 1. The molecule has 0 rings (SSSR count). The van der Waals surface area contributed by atoms with Crippen molar-refractivity contribution in [3.63, 3.8) is 0 Å². The van der Waals surface area contributed by atoms with Crippen molar-refractivity contribution in [2.45, 2.75) is 52.3 Å². The molecule has 5 heteroatoms. The van der Waals surface area contributed by atoms with Gasteiger partial charge in [0.1, 0.15) is 12.3 Å². The van der Waals surface area contributed by atoms with Crippen LogP contribution in [-0.4, -0.2) is 69.5 Å². The molecule has 0 saturated carbocycles. The number of carboxylic acids is 1. The first-order valence-corrected chi connectivity index (χ1v) is 5.17. The van der Waals surface area contributed by atoms with Gasteiger partial charge in [0.2, 0.25) is 0 Å². The molecule has 0 bridgehead atoms. The van der Waals surface area contributed by atoms with Gasteiger partial charge >= 0.3 is 35.5 Å². The number of carboxylic acid groups (broad SMARTS) is 1. The van der Waals surface area contributed by atoms with Crippen LogP contribution >= 0.6 is 0 Å². The number of carbonyl (C=O) groups is 1. The Hall–Kier alpha value is 0.390. The Morgan fingerprint density at radius 2 is 1.87 bits per heavy atom. The number of hydrogen-bond acceptors (Lipinski definition) is 3. The summed E-state index contributed by atoms with van der Waals surface area (Å²) in [4.78, 5) is 12.3. The third-order valence-electron chi connectivity index (χ3n) is 2.35. The van der Waals surface area contributed by atoms with E-state index in [1.165, 1.54) is 0 Å². The van der Waals surface area contributed by atoms with Gasteiger partial charge in [-0.05, 0) is 20.3 Å². The fourth-order valence-electron chi connectivity index (χ4n) is 1.39. The van der Waals surface area contributed by atoms with Crippen molar-refractivity contribution in [1.29, 1.82) is 0 Å². The van der Waals surface area contributed by atoms with Crippen LogP contribution in [0.1, 0.15) is 40.0 Å². The molecular formula is C10H22NNaO3. The Balaban J connectivity index is 0. The molecule has 0 amide bonds. The van der Waals surface area contributed by atoms with E-state index < -0.39 is 18.2 Å². The quantitative estimate of drug-likeness (QED) is 0.381. The van der Waals surface area contributed by atoms with Crippen LogP contribution in [0.4, 0.5) is 0 Å². The van der Waals surface area contributed by atoms with Gasteiger partial charge in [-0.25, -0.2) is 0 Å². The average molecular weight is 227 g/mol. The molecule has 15 heavy (non-hydrogen) atoms. The first-order chi connectivity index (χ1) is 6.50. The van der Waals surface area contributed by atoms with Gasteiger partial charge in [0.25, 0.3) is 0 Å². The second kappa shape index (κ2) is 9.60. The van der Waals surface area contributed by atoms with E-state index in [9.17, 15) is 9.90 Å². The summed E-state index contributed by atoms with van der Waals surface area (Å²) in [6.45, 7) is 5.93. The van der Waals surface area contributed by atoms with Gasteiger partial charge in [0.15, 0.2) is 0 Å². The molecule has 0 aromatic heterocycles. The van der Waals surface area contributed by atoms with Crippen molar-refractivity contribution in [1.82, 2.24) is 4.90 Å². The van der Waals surface area contributed by atoms with Crippen LogP contribution in [0, 0.1) is 0 Å². The summed E-state index contributed by atoms with van der Waals surface area (Å²) in [5.41, 5.74) is 0. The minimum absolute atomic E-state index is 0. The molecule has 0 fully saturated rings. The average Bonchev–Trinajstić information content (AvgIpc) is 2.10. The van der Waals surface area contributed by atoms with E-state index in [1.807, 2.05) is 0 Å². The van der Waals surface area contributed by atoms with Gasteiger partial charge in [-0.2, -0.15) is 0 Å². The van der Waals surface area contributed by atoms with Crippen LogP contribution in [0.2, 0.25) is 0 Å². The van der Waals surface area contributed by atoms with Gasteiger partial charge in [0.05, 0.1) is 0 Å². The van der Waals surface area contributed by atoms with Crippen LogP contribution in [0.5, 0.6) is 0 Å². The van der Waals surface area contributed by atoms with E-state index in [2.05, 4.69) is 6.92 Å². The first-order valence-electron chi connectivity index (χ1n) is 5.17. The Morgan fingerprint density at radius 1 is 1.33 bits per heavy atom. The maximum atomic E-state index is 10.7. The Labute approximate surface area is 114 Å². The van der Waals surface area contributed by atoms with E-state index in [0.717, 1.165) is 19.3 Å². The van der Waals surface area contributed by atoms with Gasteiger partial charge < -0.3 is 10.2 Å². The fourth-order valence-corrected chi connectivity index (χ4v) is 1.39. The van der Waals surface area contributed by atoms with Gasteiger partial charge in [-0.15, -0.1) is 0 Å².